The van der Waals surface area contributed by atoms with Crippen molar-refractivity contribution in [2.24, 2.45) is 5.16 Å². The Bertz CT molecular complexity index is 1390. The highest BCUT2D eigenvalue weighted by atomic mass is 32.2. The molecule has 0 spiro atoms. The maximum atomic E-state index is 13.1. The highest BCUT2D eigenvalue weighted by Crippen LogP contribution is 2.31. The van der Waals surface area contributed by atoms with Crippen LogP contribution < -0.4 is 9.50 Å². The van der Waals surface area contributed by atoms with Gasteiger partial charge in [0.25, 0.3) is 0 Å². The molecule has 9 nitrogen and oxygen atoms in total. The monoisotopic (exact) mass is 552 g/mol. The average molecular weight is 553 g/mol. The number of aliphatic hydroxyl groups excluding tert-OH is 1. The summed E-state index contributed by atoms with van der Waals surface area (Å²) in [7, 11) is -3.60. The van der Waals surface area contributed by atoms with E-state index in [-0.39, 0.29) is 24.4 Å². The Kier molecular flexibility index (Phi) is 9.34. The van der Waals surface area contributed by atoms with Crippen molar-refractivity contribution in [3.63, 3.8) is 0 Å². The lowest BCUT2D eigenvalue weighted by Crippen LogP contribution is -2.41. The fourth-order valence-corrected chi connectivity index (χ4v) is 4.80. The quantitative estimate of drug-likeness (QED) is 0.329. The van der Waals surface area contributed by atoms with Gasteiger partial charge in [-0.1, -0.05) is 65.8 Å². The van der Waals surface area contributed by atoms with Crippen molar-refractivity contribution in [2.75, 3.05) is 19.5 Å². The first kappa shape index (κ1) is 28.3. The van der Waals surface area contributed by atoms with Crippen LogP contribution in [0.3, 0.4) is 0 Å². The second kappa shape index (κ2) is 12.9. The molecular weight excluding hydrogens is 520 g/mol. The van der Waals surface area contributed by atoms with Gasteiger partial charge < -0.3 is 24.2 Å². The molecule has 0 saturated heterocycles. The molecule has 3 aromatic rings. The lowest BCUT2D eigenvalue weighted by Gasteiger charge is -2.22. The molecule has 0 bridgehead atoms. The smallest absolute Gasteiger partial charge is 0.306 e. The number of carbonyl (C=O) groups excluding carboxylic acids is 1. The van der Waals surface area contributed by atoms with E-state index in [9.17, 15) is 18.3 Å². The van der Waals surface area contributed by atoms with Crippen LogP contribution in [0.25, 0.3) is 0 Å². The summed E-state index contributed by atoms with van der Waals surface area (Å²) < 4.78 is 33.3. The number of amides is 1. The molecule has 0 saturated carbocycles. The number of ether oxygens (including phenoxy) is 1. The van der Waals surface area contributed by atoms with Gasteiger partial charge >= 0.3 is 10.1 Å². The molecule has 39 heavy (non-hydrogen) atoms. The maximum Gasteiger partial charge on any atom is 0.306 e. The zero-order valence-corrected chi connectivity index (χ0v) is 22.6. The normalized spacial score (nSPS) is 16.6. The highest BCUT2D eigenvalue weighted by molar-refractivity contribution is 7.86. The molecule has 0 aliphatic carbocycles. The zero-order chi connectivity index (χ0) is 27.8. The molecule has 0 aromatic heterocycles. The summed E-state index contributed by atoms with van der Waals surface area (Å²) in [5.41, 5.74) is 4.20. The van der Waals surface area contributed by atoms with E-state index >= 15 is 0 Å². The number of benzene rings is 3. The van der Waals surface area contributed by atoms with E-state index in [0.717, 1.165) is 34.2 Å². The Hall–Kier alpha value is -3.73. The van der Waals surface area contributed by atoms with Crippen molar-refractivity contribution >= 4 is 21.7 Å². The van der Waals surface area contributed by atoms with Crippen molar-refractivity contribution in [3.8, 4) is 5.75 Å². The summed E-state index contributed by atoms with van der Waals surface area (Å²) in [4.78, 5) is 18.7. The fourth-order valence-electron chi connectivity index (χ4n) is 4.34. The largest absolute Gasteiger partial charge is 0.394 e. The summed E-state index contributed by atoms with van der Waals surface area (Å²) >= 11 is 0. The first-order valence-electron chi connectivity index (χ1n) is 12.6. The zero-order valence-electron chi connectivity index (χ0n) is 21.8. The minimum atomic E-state index is -3.60. The SMILES string of the molecule is CCO[C@H](Cc1cccc(C2=NOC(c3ccc(OS(C)(=O)=O)cc3)C2)c1)C(=O)N[C@@H](CO)c1ccccc1. The first-order chi connectivity index (χ1) is 18.8. The average Bonchev–Trinajstić information content (AvgIpc) is 3.42. The highest BCUT2D eigenvalue weighted by Gasteiger charge is 2.26. The lowest BCUT2D eigenvalue weighted by atomic mass is 9.97. The van der Waals surface area contributed by atoms with Crippen molar-refractivity contribution < 1.29 is 32.1 Å². The van der Waals surface area contributed by atoms with Gasteiger partial charge in [0.05, 0.1) is 24.6 Å². The number of nitrogens with zero attached hydrogens (tertiary/aromatic N) is 1. The van der Waals surface area contributed by atoms with Gasteiger partial charge in [-0.3, -0.25) is 4.79 Å². The number of hydrogen-bond acceptors (Lipinski definition) is 8. The van der Waals surface area contributed by atoms with Crippen LogP contribution in [0, 0.1) is 0 Å². The predicted molar refractivity (Wildman–Crippen MR) is 147 cm³/mol. The Morgan fingerprint density at radius 3 is 2.51 bits per heavy atom. The third-order valence-electron chi connectivity index (χ3n) is 6.21. The number of hydrogen-bond donors (Lipinski definition) is 2. The Labute approximate surface area is 228 Å². The van der Waals surface area contributed by atoms with Gasteiger partial charge in [-0.05, 0) is 47.4 Å². The van der Waals surface area contributed by atoms with Gasteiger partial charge in [0, 0.05) is 19.4 Å². The number of carbonyl (C=O) groups is 1. The molecule has 1 amide bonds. The molecule has 1 unspecified atom stereocenters. The van der Waals surface area contributed by atoms with Crippen LogP contribution in [0.2, 0.25) is 0 Å². The van der Waals surface area contributed by atoms with Crippen LogP contribution in [0.15, 0.2) is 84.0 Å². The molecule has 2 N–H and O–H groups in total. The summed E-state index contributed by atoms with van der Waals surface area (Å²) in [5, 5.41) is 17.0. The summed E-state index contributed by atoms with van der Waals surface area (Å²) in [6.45, 7) is 1.98. The van der Waals surface area contributed by atoms with Crippen molar-refractivity contribution in [1.29, 1.82) is 0 Å². The molecule has 1 heterocycles. The van der Waals surface area contributed by atoms with Crippen LogP contribution in [0.5, 0.6) is 5.75 Å². The van der Waals surface area contributed by atoms with Gasteiger partial charge in [0.2, 0.25) is 5.91 Å². The number of rotatable bonds is 12. The van der Waals surface area contributed by atoms with Crippen LogP contribution in [-0.4, -0.2) is 50.7 Å². The summed E-state index contributed by atoms with van der Waals surface area (Å²) in [5.74, 6) is -0.0647. The van der Waals surface area contributed by atoms with E-state index in [2.05, 4.69) is 10.5 Å². The van der Waals surface area contributed by atoms with Crippen LogP contribution >= 0.6 is 0 Å². The first-order valence-corrected chi connectivity index (χ1v) is 14.5. The molecule has 4 rings (SSSR count). The maximum absolute atomic E-state index is 13.1. The van der Waals surface area contributed by atoms with E-state index in [1.165, 1.54) is 0 Å². The molecule has 1 aliphatic rings. The van der Waals surface area contributed by atoms with E-state index in [1.807, 2.05) is 61.5 Å². The van der Waals surface area contributed by atoms with E-state index < -0.39 is 22.3 Å². The molecule has 3 atom stereocenters. The molecule has 10 heteroatoms. The van der Waals surface area contributed by atoms with Gasteiger partial charge in [0.15, 0.2) is 6.10 Å². The van der Waals surface area contributed by atoms with E-state index in [0.29, 0.717) is 19.4 Å². The minimum Gasteiger partial charge on any atom is -0.394 e. The van der Waals surface area contributed by atoms with Gasteiger partial charge in [-0.25, -0.2) is 0 Å². The third-order valence-corrected chi connectivity index (χ3v) is 6.71. The number of nitrogens with one attached hydrogen (secondary N) is 1. The predicted octanol–water partition coefficient (Wildman–Crippen LogP) is 3.69. The molecule has 206 valence electrons. The van der Waals surface area contributed by atoms with Crippen molar-refractivity contribution in [3.05, 3.63) is 101 Å². The standard InChI is InChI=1S/C29H32N2O7S/c1-3-36-28(29(33)30-26(19-32)21-9-5-4-6-10-21)17-20-8-7-11-23(16-20)25-18-27(37-31-25)22-12-14-24(15-13-22)38-39(2,34)35/h4-16,26-28,32H,3,17-19H2,1-2H3,(H,30,33)/t26-,27?,28+/m0/s1. The Morgan fingerprint density at radius 1 is 1.10 bits per heavy atom. The summed E-state index contributed by atoms with van der Waals surface area (Å²) in [6, 6.07) is 23.2. The van der Waals surface area contributed by atoms with Gasteiger partial charge in [-0.15, -0.1) is 0 Å². The lowest BCUT2D eigenvalue weighted by molar-refractivity contribution is -0.133. The third kappa shape index (κ3) is 7.89. The Balaban J connectivity index is 1.40. The molecule has 3 aromatic carbocycles. The van der Waals surface area contributed by atoms with E-state index in [4.69, 9.17) is 13.8 Å². The summed E-state index contributed by atoms with van der Waals surface area (Å²) in [6.07, 6.45) is 0.825. The van der Waals surface area contributed by atoms with Crippen LogP contribution in [-0.2, 0) is 30.9 Å². The molecule has 0 fully saturated rings. The minimum absolute atomic E-state index is 0.224. The second-order valence-electron chi connectivity index (χ2n) is 9.20. The second-order valence-corrected chi connectivity index (χ2v) is 10.8. The Morgan fingerprint density at radius 2 is 1.85 bits per heavy atom. The van der Waals surface area contributed by atoms with Crippen LogP contribution in [0.1, 0.15) is 47.7 Å². The van der Waals surface area contributed by atoms with E-state index in [1.54, 1.807) is 24.3 Å². The number of oxime groups is 1. The van der Waals surface area contributed by atoms with Gasteiger partial charge in [0.1, 0.15) is 11.9 Å². The molecule has 0 radical (unpaired) electrons. The van der Waals surface area contributed by atoms with Gasteiger partial charge in [-0.2, -0.15) is 8.42 Å². The topological polar surface area (TPSA) is 124 Å². The number of aliphatic hydroxyl groups is 1. The van der Waals surface area contributed by atoms with Crippen LogP contribution in [0.4, 0.5) is 0 Å². The van der Waals surface area contributed by atoms with Crippen molar-refractivity contribution in [2.45, 2.75) is 38.0 Å². The molecular formula is C29H32N2O7S. The fraction of sp³-hybridized carbons (Fsp3) is 0.310. The van der Waals surface area contributed by atoms with Crippen molar-refractivity contribution in [1.82, 2.24) is 5.32 Å². The molecule has 1 aliphatic heterocycles.